The summed E-state index contributed by atoms with van der Waals surface area (Å²) < 4.78 is 5.31. The number of nitrogens with zero attached hydrogens (tertiary/aromatic N) is 3. The molecule has 0 aliphatic carbocycles. The first-order valence-electron chi connectivity index (χ1n) is 9.70. The number of rotatable bonds is 6. The van der Waals surface area contributed by atoms with Gasteiger partial charge < -0.3 is 19.9 Å². The smallest absolute Gasteiger partial charge is 0.194 e. The number of halogens is 1. The molecule has 152 valence electrons. The summed E-state index contributed by atoms with van der Waals surface area (Å²) in [6.45, 7) is 8.25. The average molecular weight is 494 g/mol. The summed E-state index contributed by atoms with van der Waals surface area (Å²) in [4.78, 5) is 9.71. The number of aliphatic imine (C=N–C) groups is 1. The molecule has 1 heterocycles. The van der Waals surface area contributed by atoms with Crippen LogP contribution in [-0.2, 0) is 17.9 Å². The van der Waals surface area contributed by atoms with Gasteiger partial charge in [-0.15, -0.1) is 24.0 Å². The lowest BCUT2D eigenvalue weighted by Gasteiger charge is -2.37. The van der Waals surface area contributed by atoms with Gasteiger partial charge in [0.25, 0.3) is 0 Å². The van der Waals surface area contributed by atoms with Crippen molar-refractivity contribution in [1.29, 1.82) is 0 Å². The predicted molar refractivity (Wildman–Crippen MR) is 128 cm³/mol. The second kappa shape index (κ2) is 11.9. The lowest BCUT2D eigenvalue weighted by atomic mass is 10.1. The minimum atomic E-state index is 0. The van der Waals surface area contributed by atoms with E-state index in [1.807, 2.05) is 0 Å². The zero-order valence-corrected chi connectivity index (χ0v) is 19.1. The van der Waals surface area contributed by atoms with Gasteiger partial charge in [-0.1, -0.05) is 42.5 Å². The van der Waals surface area contributed by atoms with Crippen LogP contribution in [0.15, 0.2) is 59.6 Å². The fraction of sp³-hybridized carbons (Fsp3) is 0.409. The molecule has 0 bridgehead atoms. The molecule has 1 N–H and O–H groups in total. The van der Waals surface area contributed by atoms with Crippen LogP contribution in [0.3, 0.4) is 0 Å². The summed E-state index contributed by atoms with van der Waals surface area (Å²) in [5.41, 5.74) is 3.72. The molecule has 2 aromatic rings. The van der Waals surface area contributed by atoms with Gasteiger partial charge in [-0.25, -0.2) is 4.99 Å². The number of hydrogen-bond donors (Lipinski definition) is 1. The molecule has 2 aromatic carbocycles. The van der Waals surface area contributed by atoms with Crippen LogP contribution in [0, 0.1) is 0 Å². The highest BCUT2D eigenvalue weighted by Gasteiger charge is 2.19. The Labute approximate surface area is 185 Å². The summed E-state index contributed by atoms with van der Waals surface area (Å²) in [7, 11) is 1.73. The van der Waals surface area contributed by atoms with Gasteiger partial charge in [0.15, 0.2) is 5.96 Å². The molecule has 0 amide bonds. The van der Waals surface area contributed by atoms with E-state index < -0.39 is 0 Å². The van der Waals surface area contributed by atoms with Gasteiger partial charge in [0, 0.05) is 45.5 Å². The van der Waals surface area contributed by atoms with E-state index in [0.29, 0.717) is 13.2 Å². The number of piperazine rings is 1. The molecule has 1 aliphatic rings. The van der Waals surface area contributed by atoms with Gasteiger partial charge in [0.1, 0.15) is 0 Å². The van der Waals surface area contributed by atoms with Crippen LogP contribution in [-0.4, -0.2) is 50.7 Å². The van der Waals surface area contributed by atoms with Crippen molar-refractivity contribution in [2.24, 2.45) is 4.99 Å². The monoisotopic (exact) mass is 494 g/mol. The second-order valence-electron chi connectivity index (χ2n) is 6.68. The van der Waals surface area contributed by atoms with Crippen LogP contribution in [0.25, 0.3) is 0 Å². The highest BCUT2D eigenvalue weighted by atomic mass is 127. The van der Waals surface area contributed by atoms with E-state index in [9.17, 15) is 0 Å². The van der Waals surface area contributed by atoms with Gasteiger partial charge in [0.2, 0.25) is 0 Å². The standard InChI is InChI=1S/C22H30N4O.HI/c1-3-23-22(24-17-19-9-7-8-10-20(19)18-27-2)26-15-13-25(14-16-26)21-11-5-4-6-12-21;/h4-12H,3,13-18H2,1-2H3,(H,23,24);1H. The lowest BCUT2D eigenvalue weighted by molar-refractivity contribution is 0.184. The maximum Gasteiger partial charge on any atom is 0.194 e. The largest absolute Gasteiger partial charge is 0.380 e. The number of nitrogens with one attached hydrogen (secondary N) is 1. The maximum absolute atomic E-state index is 5.31. The van der Waals surface area contributed by atoms with Crippen molar-refractivity contribution in [3.63, 3.8) is 0 Å². The third-order valence-corrected chi connectivity index (χ3v) is 4.85. The fourth-order valence-corrected chi connectivity index (χ4v) is 3.41. The first-order chi connectivity index (χ1) is 13.3. The molecule has 0 atom stereocenters. The summed E-state index contributed by atoms with van der Waals surface area (Å²) in [6, 6.07) is 19.0. The highest BCUT2D eigenvalue weighted by molar-refractivity contribution is 14.0. The molecule has 1 fully saturated rings. The van der Waals surface area contributed by atoms with Crippen molar-refractivity contribution in [3.8, 4) is 0 Å². The number of anilines is 1. The first-order valence-corrected chi connectivity index (χ1v) is 9.70. The SMILES string of the molecule is CCNC(=NCc1ccccc1COC)N1CCN(c2ccccc2)CC1.I. The van der Waals surface area contributed by atoms with E-state index in [4.69, 9.17) is 9.73 Å². The quantitative estimate of drug-likeness (QED) is 0.378. The molecule has 1 saturated heterocycles. The van der Waals surface area contributed by atoms with Gasteiger partial charge >= 0.3 is 0 Å². The number of methoxy groups -OCH3 is 1. The molecule has 1 aliphatic heterocycles. The molecular weight excluding hydrogens is 463 g/mol. The lowest BCUT2D eigenvalue weighted by Crippen LogP contribution is -2.52. The van der Waals surface area contributed by atoms with Crippen LogP contribution in [0.4, 0.5) is 5.69 Å². The average Bonchev–Trinajstić information content (AvgIpc) is 2.73. The Hall–Kier alpha value is -1.80. The van der Waals surface area contributed by atoms with E-state index >= 15 is 0 Å². The van der Waals surface area contributed by atoms with E-state index in [0.717, 1.165) is 38.7 Å². The van der Waals surface area contributed by atoms with Crippen LogP contribution in [0.2, 0.25) is 0 Å². The van der Waals surface area contributed by atoms with E-state index in [2.05, 4.69) is 76.6 Å². The molecule has 28 heavy (non-hydrogen) atoms. The Morgan fingerprint density at radius 3 is 2.25 bits per heavy atom. The van der Waals surface area contributed by atoms with Crippen molar-refractivity contribution in [3.05, 3.63) is 65.7 Å². The van der Waals surface area contributed by atoms with Gasteiger partial charge in [-0.2, -0.15) is 0 Å². The molecule has 0 saturated carbocycles. The molecule has 3 rings (SSSR count). The van der Waals surface area contributed by atoms with Crippen molar-refractivity contribution < 1.29 is 4.74 Å². The molecule has 5 nitrogen and oxygen atoms in total. The van der Waals surface area contributed by atoms with Crippen molar-refractivity contribution in [2.45, 2.75) is 20.1 Å². The van der Waals surface area contributed by atoms with Crippen LogP contribution in [0.1, 0.15) is 18.1 Å². The highest BCUT2D eigenvalue weighted by Crippen LogP contribution is 2.16. The number of para-hydroxylation sites is 1. The Bertz CT molecular complexity index is 730. The Kier molecular flexibility index (Phi) is 9.57. The molecular formula is C22H31IN4O. The van der Waals surface area contributed by atoms with Crippen LogP contribution >= 0.6 is 24.0 Å². The third-order valence-electron chi connectivity index (χ3n) is 4.85. The Morgan fingerprint density at radius 1 is 0.964 bits per heavy atom. The van der Waals surface area contributed by atoms with Gasteiger partial charge in [-0.3, -0.25) is 0 Å². The van der Waals surface area contributed by atoms with Gasteiger partial charge in [-0.05, 0) is 30.2 Å². The summed E-state index contributed by atoms with van der Waals surface area (Å²) in [5, 5.41) is 3.45. The molecule has 0 spiro atoms. The zero-order valence-electron chi connectivity index (χ0n) is 16.8. The Balaban J connectivity index is 0.00000280. The summed E-state index contributed by atoms with van der Waals surface area (Å²) >= 11 is 0. The van der Waals surface area contributed by atoms with Crippen molar-refractivity contribution >= 4 is 35.6 Å². The van der Waals surface area contributed by atoms with E-state index in [1.165, 1.54) is 16.8 Å². The number of hydrogen-bond acceptors (Lipinski definition) is 3. The Morgan fingerprint density at radius 2 is 1.61 bits per heavy atom. The maximum atomic E-state index is 5.31. The summed E-state index contributed by atoms with van der Waals surface area (Å²) in [6.07, 6.45) is 0. The molecule has 0 aromatic heterocycles. The van der Waals surface area contributed by atoms with Crippen LogP contribution in [0.5, 0.6) is 0 Å². The predicted octanol–water partition coefficient (Wildman–Crippen LogP) is 3.74. The van der Waals surface area contributed by atoms with Crippen molar-refractivity contribution in [1.82, 2.24) is 10.2 Å². The topological polar surface area (TPSA) is 40.1 Å². The molecule has 6 heteroatoms. The second-order valence-corrected chi connectivity index (χ2v) is 6.68. The minimum Gasteiger partial charge on any atom is -0.380 e. The minimum absolute atomic E-state index is 0. The van der Waals surface area contributed by atoms with E-state index in [-0.39, 0.29) is 24.0 Å². The van der Waals surface area contributed by atoms with Crippen LogP contribution < -0.4 is 10.2 Å². The van der Waals surface area contributed by atoms with E-state index in [1.54, 1.807) is 7.11 Å². The number of benzene rings is 2. The first kappa shape index (κ1) is 22.5. The zero-order chi connectivity index (χ0) is 18.9. The van der Waals surface area contributed by atoms with Crippen molar-refractivity contribution in [2.75, 3.05) is 44.7 Å². The van der Waals surface area contributed by atoms with Gasteiger partial charge in [0.05, 0.1) is 13.2 Å². The fourth-order valence-electron chi connectivity index (χ4n) is 3.41. The molecule has 0 unspecified atom stereocenters. The number of ether oxygens (including phenoxy) is 1. The third kappa shape index (κ3) is 6.10. The number of guanidine groups is 1. The molecule has 0 radical (unpaired) electrons. The normalized spacial score (nSPS) is 14.6. The summed E-state index contributed by atoms with van der Waals surface area (Å²) in [5.74, 6) is 0.998.